The predicted molar refractivity (Wildman–Crippen MR) is 69.9 cm³/mol. The number of anilines is 2. The normalized spacial score (nSPS) is 21.6. The predicted octanol–water partition coefficient (Wildman–Crippen LogP) is 1.80. The number of nitrogens with zero attached hydrogens (tertiary/aromatic N) is 3. The maximum atomic E-state index is 5.56. The molecular formula is C13H15N5. The number of nitrogens with one attached hydrogen (secondary N) is 1. The van der Waals surface area contributed by atoms with Gasteiger partial charge >= 0.3 is 0 Å². The molecule has 92 valence electrons. The van der Waals surface area contributed by atoms with Crippen LogP contribution in [-0.2, 0) is 6.42 Å². The van der Waals surface area contributed by atoms with E-state index in [9.17, 15) is 0 Å². The highest BCUT2D eigenvalue weighted by atomic mass is 15.2. The first-order valence-corrected chi connectivity index (χ1v) is 6.03. The summed E-state index contributed by atoms with van der Waals surface area (Å²) in [6, 6.07) is 8.71. The van der Waals surface area contributed by atoms with Crippen LogP contribution in [0.5, 0.6) is 0 Å². The van der Waals surface area contributed by atoms with Gasteiger partial charge in [-0.15, -0.1) is 0 Å². The van der Waals surface area contributed by atoms with Crippen molar-refractivity contribution in [2.75, 3.05) is 11.1 Å². The first-order valence-electron chi connectivity index (χ1n) is 6.03. The van der Waals surface area contributed by atoms with Crippen molar-refractivity contribution in [1.29, 1.82) is 0 Å². The summed E-state index contributed by atoms with van der Waals surface area (Å²) in [7, 11) is 0. The third kappa shape index (κ3) is 1.88. The maximum Gasteiger partial charge on any atom is 0.227 e. The molecule has 1 heterocycles. The van der Waals surface area contributed by atoms with Crippen LogP contribution < -0.4 is 11.1 Å². The summed E-state index contributed by atoms with van der Waals surface area (Å²) in [5.74, 6) is 1.29. The quantitative estimate of drug-likeness (QED) is 0.838. The summed E-state index contributed by atoms with van der Waals surface area (Å²) in [5, 5.41) is 3.35. The molecule has 1 aliphatic rings. The minimum atomic E-state index is 0.239. The Kier molecular flexibility index (Phi) is 2.59. The molecule has 2 aromatic rings. The summed E-state index contributed by atoms with van der Waals surface area (Å²) < 4.78 is 0. The second kappa shape index (κ2) is 4.25. The summed E-state index contributed by atoms with van der Waals surface area (Å²) in [6.45, 7) is 2.22. The number of rotatable bonds is 2. The van der Waals surface area contributed by atoms with E-state index in [1.165, 1.54) is 17.5 Å². The fourth-order valence-corrected chi connectivity index (χ4v) is 2.53. The van der Waals surface area contributed by atoms with Gasteiger partial charge in [-0.1, -0.05) is 31.2 Å². The number of nitrogen functional groups attached to an aromatic ring is 1. The van der Waals surface area contributed by atoms with Gasteiger partial charge in [-0.05, 0) is 23.5 Å². The van der Waals surface area contributed by atoms with Gasteiger partial charge in [0.2, 0.25) is 11.9 Å². The fourth-order valence-electron chi connectivity index (χ4n) is 2.53. The highest BCUT2D eigenvalue weighted by Crippen LogP contribution is 2.37. The second-order valence-electron chi connectivity index (χ2n) is 4.67. The Morgan fingerprint density at radius 1 is 1.28 bits per heavy atom. The van der Waals surface area contributed by atoms with E-state index < -0.39 is 0 Å². The number of aromatic nitrogens is 3. The Labute approximate surface area is 105 Å². The molecule has 5 nitrogen and oxygen atoms in total. The van der Waals surface area contributed by atoms with Gasteiger partial charge in [0.25, 0.3) is 0 Å². The SMILES string of the molecule is C[C@@H]1Cc2ccccc2[C@@H]1Nc1ncnc(N)n1. The van der Waals surface area contributed by atoms with Gasteiger partial charge in [0.15, 0.2) is 0 Å². The average Bonchev–Trinajstić information content (AvgIpc) is 2.66. The zero-order valence-corrected chi connectivity index (χ0v) is 10.2. The summed E-state index contributed by atoms with van der Waals surface area (Å²) in [4.78, 5) is 12.0. The van der Waals surface area contributed by atoms with Crippen LogP contribution in [0.3, 0.4) is 0 Å². The van der Waals surface area contributed by atoms with E-state index in [0.29, 0.717) is 11.9 Å². The summed E-state index contributed by atoms with van der Waals surface area (Å²) >= 11 is 0. The molecule has 18 heavy (non-hydrogen) atoms. The lowest BCUT2D eigenvalue weighted by molar-refractivity contribution is 0.538. The van der Waals surface area contributed by atoms with E-state index in [1.54, 1.807) is 0 Å². The molecule has 3 rings (SSSR count). The van der Waals surface area contributed by atoms with Crippen molar-refractivity contribution in [3.05, 3.63) is 41.7 Å². The van der Waals surface area contributed by atoms with Gasteiger partial charge in [0.1, 0.15) is 6.33 Å². The van der Waals surface area contributed by atoms with Gasteiger partial charge in [0.05, 0.1) is 6.04 Å². The Balaban J connectivity index is 1.89. The van der Waals surface area contributed by atoms with Crippen molar-refractivity contribution >= 4 is 11.9 Å². The van der Waals surface area contributed by atoms with Crippen LogP contribution in [0.2, 0.25) is 0 Å². The van der Waals surface area contributed by atoms with Gasteiger partial charge in [0, 0.05) is 0 Å². The van der Waals surface area contributed by atoms with Crippen LogP contribution in [-0.4, -0.2) is 15.0 Å². The first-order chi connectivity index (χ1) is 8.74. The number of benzene rings is 1. The maximum absolute atomic E-state index is 5.56. The number of hydrogen-bond donors (Lipinski definition) is 2. The van der Waals surface area contributed by atoms with Crippen molar-refractivity contribution in [2.24, 2.45) is 5.92 Å². The van der Waals surface area contributed by atoms with Gasteiger partial charge in [-0.2, -0.15) is 4.98 Å². The van der Waals surface area contributed by atoms with Crippen molar-refractivity contribution < 1.29 is 0 Å². The molecule has 0 unspecified atom stereocenters. The molecule has 0 saturated heterocycles. The van der Waals surface area contributed by atoms with Crippen molar-refractivity contribution in [1.82, 2.24) is 15.0 Å². The molecule has 0 aliphatic heterocycles. The van der Waals surface area contributed by atoms with Crippen LogP contribution in [0.25, 0.3) is 0 Å². The van der Waals surface area contributed by atoms with Gasteiger partial charge < -0.3 is 11.1 Å². The number of hydrogen-bond acceptors (Lipinski definition) is 5. The minimum Gasteiger partial charge on any atom is -0.368 e. The second-order valence-corrected chi connectivity index (χ2v) is 4.67. The highest BCUT2D eigenvalue weighted by Gasteiger charge is 2.29. The van der Waals surface area contributed by atoms with Gasteiger partial charge in [-0.3, -0.25) is 0 Å². The van der Waals surface area contributed by atoms with E-state index in [-0.39, 0.29) is 12.0 Å². The lowest BCUT2D eigenvalue weighted by Crippen LogP contribution is -2.16. The molecule has 3 N–H and O–H groups in total. The molecule has 5 heteroatoms. The van der Waals surface area contributed by atoms with E-state index >= 15 is 0 Å². The van der Waals surface area contributed by atoms with Crippen LogP contribution in [0.4, 0.5) is 11.9 Å². The molecular weight excluding hydrogens is 226 g/mol. The summed E-state index contributed by atoms with van der Waals surface area (Å²) in [6.07, 6.45) is 2.50. The minimum absolute atomic E-state index is 0.239. The van der Waals surface area contributed by atoms with Crippen LogP contribution in [0.15, 0.2) is 30.6 Å². The zero-order valence-electron chi connectivity index (χ0n) is 10.2. The molecule has 0 radical (unpaired) electrons. The lowest BCUT2D eigenvalue weighted by Gasteiger charge is -2.18. The third-order valence-corrected chi connectivity index (χ3v) is 3.38. The van der Waals surface area contributed by atoms with Crippen molar-refractivity contribution in [3.63, 3.8) is 0 Å². The Hall–Kier alpha value is -2.17. The van der Waals surface area contributed by atoms with Crippen LogP contribution in [0.1, 0.15) is 24.1 Å². The molecule has 0 spiro atoms. The topological polar surface area (TPSA) is 76.7 Å². The highest BCUT2D eigenvalue weighted by molar-refractivity contribution is 5.42. The lowest BCUT2D eigenvalue weighted by atomic mass is 10.0. The molecule has 1 aliphatic carbocycles. The molecule has 0 amide bonds. The summed E-state index contributed by atoms with van der Waals surface area (Å²) in [5.41, 5.74) is 8.28. The van der Waals surface area contributed by atoms with E-state index in [1.807, 2.05) is 0 Å². The molecule has 0 bridgehead atoms. The first kappa shape index (κ1) is 11.0. The smallest absolute Gasteiger partial charge is 0.227 e. The number of fused-ring (bicyclic) bond motifs is 1. The Bertz CT molecular complexity index is 569. The van der Waals surface area contributed by atoms with Crippen molar-refractivity contribution in [2.45, 2.75) is 19.4 Å². The van der Waals surface area contributed by atoms with E-state index in [4.69, 9.17) is 5.73 Å². The standard InChI is InChI=1S/C13H15N5/c1-8-6-9-4-2-3-5-10(9)11(8)17-13-16-7-15-12(14)18-13/h2-5,7-8,11H,6H2,1H3,(H3,14,15,16,17,18)/t8-,11-/m1/s1. The average molecular weight is 241 g/mol. The van der Waals surface area contributed by atoms with Crippen LogP contribution >= 0.6 is 0 Å². The molecule has 0 fully saturated rings. The molecule has 1 aromatic carbocycles. The molecule has 2 atom stereocenters. The largest absolute Gasteiger partial charge is 0.368 e. The number of nitrogens with two attached hydrogens (primary N) is 1. The monoisotopic (exact) mass is 241 g/mol. The Morgan fingerprint density at radius 2 is 2.11 bits per heavy atom. The molecule has 0 saturated carbocycles. The van der Waals surface area contributed by atoms with Crippen LogP contribution in [0, 0.1) is 5.92 Å². The molecule has 1 aromatic heterocycles. The van der Waals surface area contributed by atoms with E-state index in [2.05, 4.69) is 51.5 Å². The zero-order chi connectivity index (χ0) is 12.5. The fraction of sp³-hybridized carbons (Fsp3) is 0.308. The Morgan fingerprint density at radius 3 is 2.94 bits per heavy atom. The van der Waals surface area contributed by atoms with Crippen molar-refractivity contribution in [3.8, 4) is 0 Å². The van der Waals surface area contributed by atoms with Gasteiger partial charge in [-0.25, -0.2) is 9.97 Å². The third-order valence-electron chi connectivity index (χ3n) is 3.38. The van der Waals surface area contributed by atoms with E-state index in [0.717, 1.165) is 6.42 Å².